The lowest BCUT2D eigenvalue weighted by Gasteiger charge is -1.68. The normalized spacial score (nSPS) is 5.88. The van der Waals surface area contributed by atoms with Gasteiger partial charge in [0.15, 0.2) is 0 Å². The Kier molecular flexibility index (Phi) is 21.0. The maximum atomic E-state index is 3.30. The molecule has 0 fully saturated rings. The van der Waals surface area contributed by atoms with Gasteiger partial charge in [-0.2, -0.15) is 0 Å². The molecule has 0 bridgehead atoms. The molecule has 0 aliphatic rings. The van der Waals surface area contributed by atoms with E-state index in [0.717, 1.165) is 0 Å². The zero-order valence-corrected chi connectivity index (χ0v) is 6.20. The van der Waals surface area contributed by atoms with Crippen LogP contribution in [-0.2, 0) is 0 Å². The van der Waals surface area contributed by atoms with Gasteiger partial charge in [0, 0.05) is 0 Å². The third kappa shape index (κ3) is 48.8. The van der Waals surface area contributed by atoms with Crippen LogP contribution in [0.1, 0.15) is 33.6 Å². The van der Waals surface area contributed by atoms with Gasteiger partial charge in [-0.25, -0.2) is 0 Å². The van der Waals surface area contributed by atoms with Gasteiger partial charge in [0.25, 0.3) is 0 Å². The van der Waals surface area contributed by atoms with Gasteiger partial charge in [-0.3, -0.25) is 0 Å². The minimum absolute atomic E-state index is 1.32. The summed E-state index contributed by atoms with van der Waals surface area (Å²) in [5.41, 5.74) is 2.56. The fourth-order valence-electron chi connectivity index (χ4n) is 0. The van der Waals surface area contributed by atoms with Crippen LogP contribution in [0.25, 0.3) is 0 Å². The van der Waals surface area contributed by atoms with E-state index in [1.807, 2.05) is 6.92 Å². The SMILES string of the molecule is C=C=CC.CCCC. The van der Waals surface area contributed by atoms with Crippen LogP contribution in [0.2, 0.25) is 0 Å². The van der Waals surface area contributed by atoms with Crippen LogP contribution in [-0.4, -0.2) is 0 Å². The molecule has 0 N–H and O–H groups in total. The van der Waals surface area contributed by atoms with Gasteiger partial charge in [0.2, 0.25) is 0 Å². The van der Waals surface area contributed by atoms with E-state index in [0.29, 0.717) is 0 Å². The zero-order valence-electron chi connectivity index (χ0n) is 6.20. The first-order valence-corrected chi connectivity index (χ1v) is 3.13. The van der Waals surface area contributed by atoms with Crippen molar-refractivity contribution in [3.63, 3.8) is 0 Å². The highest BCUT2D eigenvalue weighted by molar-refractivity contribution is 4.67. The van der Waals surface area contributed by atoms with E-state index in [4.69, 9.17) is 0 Å². The maximum absolute atomic E-state index is 3.30. The third-order valence-corrected chi connectivity index (χ3v) is 0.704. The first kappa shape index (κ1) is 10.5. The molecule has 0 spiro atoms. The lowest BCUT2D eigenvalue weighted by Crippen LogP contribution is -1.47. The van der Waals surface area contributed by atoms with E-state index in [1.165, 1.54) is 12.8 Å². The summed E-state index contributed by atoms with van der Waals surface area (Å²) < 4.78 is 0. The molecule has 0 aliphatic heterocycles. The fourth-order valence-corrected chi connectivity index (χ4v) is 0. The van der Waals surface area contributed by atoms with Crippen molar-refractivity contribution in [1.29, 1.82) is 0 Å². The van der Waals surface area contributed by atoms with E-state index in [9.17, 15) is 0 Å². The van der Waals surface area contributed by atoms with Crippen molar-refractivity contribution >= 4 is 0 Å². The van der Waals surface area contributed by atoms with Gasteiger partial charge in [0.05, 0.1) is 0 Å². The topological polar surface area (TPSA) is 0 Å². The Balaban J connectivity index is 0. The smallest absolute Gasteiger partial charge is 0.0393 e. The lowest BCUT2D eigenvalue weighted by atomic mass is 10.4. The average Bonchev–Trinajstić information content (AvgIpc) is 1.88. The molecule has 0 aromatic heterocycles. The summed E-state index contributed by atoms with van der Waals surface area (Å²) in [5, 5.41) is 0. The van der Waals surface area contributed by atoms with Gasteiger partial charge in [0.1, 0.15) is 0 Å². The third-order valence-electron chi connectivity index (χ3n) is 0.704. The Hall–Kier alpha value is -0.480. The molecule has 0 heteroatoms. The van der Waals surface area contributed by atoms with Gasteiger partial charge in [-0.15, -0.1) is 5.73 Å². The van der Waals surface area contributed by atoms with E-state index >= 15 is 0 Å². The molecule has 0 saturated heterocycles. The molecular weight excluding hydrogens is 96.1 g/mol. The lowest BCUT2D eigenvalue weighted by molar-refractivity contribution is 0.886. The summed E-state index contributed by atoms with van der Waals surface area (Å²) in [5.74, 6) is 0. The molecule has 0 nitrogen and oxygen atoms in total. The van der Waals surface area contributed by atoms with Crippen molar-refractivity contribution in [2.45, 2.75) is 33.6 Å². The first-order valence-electron chi connectivity index (χ1n) is 3.13. The van der Waals surface area contributed by atoms with Crippen molar-refractivity contribution in [3.05, 3.63) is 18.4 Å². The summed E-state index contributed by atoms with van der Waals surface area (Å²) in [4.78, 5) is 0. The number of rotatable bonds is 1. The standard InChI is InChI=1S/C4H10.C4H6/c2*1-3-4-2/h3-4H2,1-2H3;4H,1H2,2H3. The predicted molar refractivity (Wildman–Crippen MR) is 40.0 cm³/mol. The van der Waals surface area contributed by atoms with E-state index in [1.54, 1.807) is 6.08 Å². The molecule has 0 aromatic rings. The second-order valence-electron chi connectivity index (χ2n) is 1.49. The van der Waals surface area contributed by atoms with Gasteiger partial charge in [-0.05, 0) is 13.0 Å². The van der Waals surface area contributed by atoms with E-state index in [-0.39, 0.29) is 0 Å². The number of hydrogen-bond donors (Lipinski definition) is 0. The maximum Gasteiger partial charge on any atom is -0.0393 e. The van der Waals surface area contributed by atoms with Crippen molar-refractivity contribution in [2.24, 2.45) is 0 Å². The van der Waals surface area contributed by atoms with Crippen LogP contribution in [0.3, 0.4) is 0 Å². The highest BCUT2D eigenvalue weighted by atomic mass is 13.6. The molecule has 0 aliphatic carbocycles. The number of allylic oxidation sites excluding steroid dienone is 1. The largest absolute Gasteiger partial charge is 0.133 e. The quantitative estimate of drug-likeness (QED) is 0.457. The molecule has 0 unspecified atom stereocenters. The first-order chi connectivity index (χ1) is 3.83. The van der Waals surface area contributed by atoms with Crippen LogP contribution < -0.4 is 0 Å². The molecular formula is C8H16. The monoisotopic (exact) mass is 112 g/mol. The van der Waals surface area contributed by atoms with Crippen LogP contribution >= 0.6 is 0 Å². The number of hydrogen-bond acceptors (Lipinski definition) is 0. The molecule has 48 valence electrons. The summed E-state index contributed by atoms with van der Waals surface area (Å²) >= 11 is 0. The predicted octanol–water partition coefficient (Wildman–Crippen LogP) is 3.15. The Bertz CT molecular complexity index is 54.4. The highest BCUT2D eigenvalue weighted by Gasteiger charge is 1.56. The van der Waals surface area contributed by atoms with Crippen molar-refractivity contribution in [1.82, 2.24) is 0 Å². The summed E-state index contributed by atoms with van der Waals surface area (Å²) in [7, 11) is 0. The molecule has 0 amide bonds. The Morgan fingerprint density at radius 2 is 1.62 bits per heavy atom. The minimum Gasteiger partial charge on any atom is -0.133 e. The zero-order chi connectivity index (χ0) is 6.83. The fraction of sp³-hybridized carbons (Fsp3) is 0.625. The van der Waals surface area contributed by atoms with E-state index < -0.39 is 0 Å². The Labute approximate surface area is 52.9 Å². The molecule has 0 atom stereocenters. The summed E-state index contributed by atoms with van der Waals surface area (Å²) in [6.07, 6.45) is 4.40. The molecule has 0 saturated carbocycles. The van der Waals surface area contributed by atoms with Crippen LogP contribution in [0.4, 0.5) is 0 Å². The van der Waals surface area contributed by atoms with Crippen LogP contribution in [0.15, 0.2) is 18.4 Å². The van der Waals surface area contributed by atoms with Crippen molar-refractivity contribution in [2.75, 3.05) is 0 Å². The second-order valence-corrected chi connectivity index (χ2v) is 1.49. The molecule has 0 radical (unpaired) electrons. The Morgan fingerprint density at radius 3 is 1.62 bits per heavy atom. The molecule has 0 heterocycles. The van der Waals surface area contributed by atoms with E-state index in [2.05, 4.69) is 26.2 Å². The highest BCUT2D eigenvalue weighted by Crippen LogP contribution is 1.76. The molecule has 8 heavy (non-hydrogen) atoms. The minimum atomic E-state index is 1.32. The summed E-state index contributed by atoms with van der Waals surface area (Å²) in [6.45, 7) is 9.54. The number of unbranched alkanes of at least 4 members (excludes halogenated alkanes) is 1. The van der Waals surface area contributed by atoms with Gasteiger partial charge in [-0.1, -0.05) is 33.3 Å². The Morgan fingerprint density at radius 1 is 1.38 bits per heavy atom. The second kappa shape index (κ2) is 16.0. The molecule has 0 aromatic carbocycles. The van der Waals surface area contributed by atoms with Gasteiger partial charge < -0.3 is 0 Å². The van der Waals surface area contributed by atoms with Crippen LogP contribution in [0.5, 0.6) is 0 Å². The average molecular weight is 112 g/mol. The molecule has 0 rings (SSSR count). The van der Waals surface area contributed by atoms with Crippen LogP contribution in [0, 0.1) is 0 Å². The summed E-state index contributed by atoms with van der Waals surface area (Å²) in [6, 6.07) is 0. The van der Waals surface area contributed by atoms with Crippen molar-refractivity contribution < 1.29 is 0 Å². The van der Waals surface area contributed by atoms with Gasteiger partial charge >= 0.3 is 0 Å². The van der Waals surface area contributed by atoms with Crippen molar-refractivity contribution in [3.8, 4) is 0 Å².